The van der Waals surface area contributed by atoms with Crippen molar-refractivity contribution in [3.05, 3.63) is 88.5 Å². The lowest BCUT2D eigenvalue weighted by molar-refractivity contribution is -0.731. The number of phenolic OH excluding ortho intramolecular Hbond substituents is 1. The van der Waals surface area contributed by atoms with Gasteiger partial charge in [0, 0.05) is 22.9 Å². The van der Waals surface area contributed by atoms with Gasteiger partial charge in [0.1, 0.15) is 6.04 Å². The van der Waals surface area contributed by atoms with Crippen LogP contribution in [-0.2, 0) is 0 Å². The van der Waals surface area contributed by atoms with Gasteiger partial charge in [0.15, 0.2) is 29.2 Å². The number of nitrogens with two attached hydrogens (primary N) is 1. The molecule has 6 nitrogen and oxygen atoms in total. The van der Waals surface area contributed by atoms with Crippen molar-refractivity contribution in [1.82, 2.24) is 5.32 Å². The van der Waals surface area contributed by atoms with Crippen molar-refractivity contribution in [1.29, 1.82) is 0 Å². The van der Waals surface area contributed by atoms with E-state index in [1.165, 1.54) is 0 Å². The number of hydrogen-bond donors (Lipinski definition) is 3. The van der Waals surface area contributed by atoms with E-state index in [0.717, 1.165) is 28.1 Å². The van der Waals surface area contributed by atoms with Gasteiger partial charge in [-0.05, 0) is 49.4 Å². The Hall–Kier alpha value is -3.35. The maximum Gasteiger partial charge on any atom is 0.231 e. The number of aromatic hydroxyl groups is 1. The Morgan fingerprint density at radius 3 is 2.72 bits per heavy atom. The molecule has 0 amide bonds. The fourth-order valence-electron chi connectivity index (χ4n) is 4.13. The van der Waals surface area contributed by atoms with Crippen molar-refractivity contribution >= 4 is 17.3 Å². The number of phenols is 1. The minimum Gasteiger partial charge on any atom is -0.504 e. The van der Waals surface area contributed by atoms with Crippen LogP contribution in [0.2, 0.25) is 5.02 Å². The van der Waals surface area contributed by atoms with Crippen LogP contribution in [0, 0.1) is 0 Å². The summed E-state index contributed by atoms with van der Waals surface area (Å²) < 4.78 is 16.6. The smallest absolute Gasteiger partial charge is 0.231 e. The normalized spacial score (nSPS) is 19.2. The molecule has 0 aromatic heterocycles. The summed E-state index contributed by atoms with van der Waals surface area (Å²) in [6, 6.07) is 19.1. The zero-order chi connectivity index (χ0) is 22.1. The molecule has 0 fully saturated rings. The van der Waals surface area contributed by atoms with E-state index in [2.05, 4.69) is 16.7 Å². The first-order valence-electron chi connectivity index (χ1n) is 10.6. The molecule has 0 spiro atoms. The first kappa shape index (κ1) is 20.5. The Kier molecular flexibility index (Phi) is 5.55. The Bertz CT molecular complexity index is 1180. The molecule has 32 heavy (non-hydrogen) atoms. The molecule has 0 bridgehead atoms. The highest BCUT2D eigenvalue weighted by molar-refractivity contribution is 6.31. The molecule has 4 N–H and O–H groups in total. The van der Waals surface area contributed by atoms with Crippen LogP contribution < -0.4 is 24.8 Å². The summed E-state index contributed by atoms with van der Waals surface area (Å²) in [4.78, 5) is 0. The summed E-state index contributed by atoms with van der Waals surface area (Å²) in [5, 5.41) is 17.3. The van der Waals surface area contributed by atoms with Crippen molar-refractivity contribution in [2.45, 2.75) is 19.1 Å². The quantitative estimate of drug-likeness (QED) is 0.544. The molecule has 0 radical (unpaired) electrons. The third-order valence-corrected chi connectivity index (χ3v) is 6.01. The van der Waals surface area contributed by atoms with Crippen LogP contribution in [0.1, 0.15) is 35.8 Å². The van der Waals surface area contributed by atoms with Crippen molar-refractivity contribution in [3.8, 4) is 23.0 Å². The van der Waals surface area contributed by atoms with Gasteiger partial charge in [0.05, 0.1) is 17.2 Å². The maximum atomic E-state index is 10.9. The lowest BCUT2D eigenvalue weighted by atomic mass is 9.97. The number of ether oxygens (including phenoxy) is 3. The van der Waals surface area contributed by atoms with Gasteiger partial charge in [-0.1, -0.05) is 29.8 Å². The van der Waals surface area contributed by atoms with Crippen molar-refractivity contribution in [2.24, 2.45) is 0 Å². The first-order valence-corrected chi connectivity index (χ1v) is 10.9. The van der Waals surface area contributed by atoms with E-state index in [1.807, 2.05) is 61.5 Å². The highest BCUT2D eigenvalue weighted by Gasteiger charge is 2.31. The second-order valence-electron chi connectivity index (χ2n) is 7.64. The zero-order valence-electron chi connectivity index (χ0n) is 17.5. The molecule has 0 aliphatic carbocycles. The molecule has 2 aliphatic rings. The largest absolute Gasteiger partial charge is 0.504 e. The van der Waals surface area contributed by atoms with Crippen molar-refractivity contribution in [3.63, 3.8) is 0 Å². The van der Waals surface area contributed by atoms with Gasteiger partial charge >= 0.3 is 0 Å². The summed E-state index contributed by atoms with van der Waals surface area (Å²) in [5.74, 6) is 2.07. The lowest BCUT2D eigenvalue weighted by Crippen LogP contribution is -2.89. The molecule has 3 aromatic carbocycles. The molecule has 2 atom stereocenters. The number of quaternary nitrogens is 1. The van der Waals surface area contributed by atoms with E-state index in [4.69, 9.17) is 25.8 Å². The molecule has 2 heterocycles. The third-order valence-electron chi connectivity index (χ3n) is 5.67. The van der Waals surface area contributed by atoms with E-state index in [-0.39, 0.29) is 24.8 Å². The van der Waals surface area contributed by atoms with Crippen LogP contribution in [-0.4, -0.2) is 18.5 Å². The molecule has 2 aliphatic heterocycles. The maximum absolute atomic E-state index is 10.9. The Morgan fingerprint density at radius 2 is 1.88 bits per heavy atom. The number of hydrogen-bond acceptors (Lipinski definition) is 5. The van der Waals surface area contributed by atoms with Gasteiger partial charge in [0.2, 0.25) is 6.79 Å². The van der Waals surface area contributed by atoms with E-state index < -0.39 is 0 Å². The van der Waals surface area contributed by atoms with Crippen LogP contribution >= 0.6 is 11.6 Å². The van der Waals surface area contributed by atoms with Crippen LogP contribution in [0.5, 0.6) is 23.0 Å². The first-order chi connectivity index (χ1) is 15.6. The average molecular weight is 452 g/mol. The molecule has 164 valence electrons. The Morgan fingerprint density at radius 1 is 1.06 bits per heavy atom. The second-order valence-corrected chi connectivity index (χ2v) is 8.04. The number of nitrogens with one attached hydrogen (secondary N) is 1. The van der Waals surface area contributed by atoms with Crippen molar-refractivity contribution < 1.29 is 24.6 Å². The molecule has 3 aromatic rings. The van der Waals surface area contributed by atoms with Gasteiger partial charge in [-0.2, -0.15) is 0 Å². The van der Waals surface area contributed by atoms with Gasteiger partial charge in [-0.25, -0.2) is 0 Å². The van der Waals surface area contributed by atoms with E-state index in [0.29, 0.717) is 23.1 Å². The Balaban J connectivity index is 1.58. The van der Waals surface area contributed by atoms with Gasteiger partial charge in [0.25, 0.3) is 0 Å². The third kappa shape index (κ3) is 3.83. The number of fused-ring (bicyclic) bond motifs is 1. The summed E-state index contributed by atoms with van der Waals surface area (Å²) in [6.07, 6.45) is 1.93. The lowest BCUT2D eigenvalue weighted by Gasteiger charge is -2.30. The standard InChI is InChI=1S/C25H23ClN2O4/c1-2-30-22-9-5-7-17(24(22)29)20-13-19(15-10-11-21-23(12-15)32-14-31-21)27-25(28-20)16-6-3-4-8-18(16)26/h3-13,20,25,27-29H,2,14H2,1H3/p+1. The second kappa shape index (κ2) is 8.65. The van der Waals surface area contributed by atoms with Gasteiger partial charge in [-0.15, -0.1) is 0 Å². The van der Waals surface area contributed by atoms with E-state index >= 15 is 0 Å². The minimum atomic E-state index is -0.168. The van der Waals surface area contributed by atoms with Crippen LogP contribution in [0.3, 0.4) is 0 Å². The topological polar surface area (TPSA) is 76.6 Å². The number of rotatable bonds is 5. The Labute approximate surface area is 191 Å². The summed E-state index contributed by atoms with van der Waals surface area (Å²) in [5.41, 5.74) is 3.62. The van der Waals surface area contributed by atoms with Crippen molar-refractivity contribution in [2.75, 3.05) is 13.4 Å². The van der Waals surface area contributed by atoms with Gasteiger partial charge in [-0.3, -0.25) is 0 Å². The predicted octanol–water partition coefficient (Wildman–Crippen LogP) is 4.12. The zero-order valence-corrected chi connectivity index (χ0v) is 18.3. The number of halogens is 1. The minimum absolute atomic E-state index is 0.150. The SMILES string of the molecule is CCOc1cccc(C2C=C(c3ccc4c(c3)OCO4)NC(c3ccccc3Cl)[NH2+]2)c1O. The highest BCUT2D eigenvalue weighted by atomic mass is 35.5. The molecule has 0 saturated carbocycles. The van der Waals surface area contributed by atoms with Crippen LogP contribution in [0.4, 0.5) is 0 Å². The monoisotopic (exact) mass is 451 g/mol. The molecular formula is C25H24ClN2O4+. The number of benzene rings is 3. The number of para-hydroxylation sites is 1. The fourth-order valence-corrected chi connectivity index (χ4v) is 4.39. The van der Waals surface area contributed by atoms with E-state index in [1.54, 1.807) is 6.07 Å². The summed E-state index contributed by atoms with van der Waals surface area (Å²) >= 11 is 6.53. The molecule has 5 rings (SSSR count). The summed E-state index contributed by atoms with van der Waals surface area (Å²) in [7, 11) is 0. The van der Waals surface area contributed by atoms with Crippen LogP contribution in [0.15, 0.2) is 66.7 Å². The van der Waals surface area contributed by atoms with E-state index in [9.17, 15) is 5.11 Å². The molecule has 7 heteroatoms. The summed E-state index contributed by atoms with van der Waals surface area (Å²) in [6.45, 7) is 2.60. The van der Waals surface area contributed by atoms with Gasteiger partial charge < -0.3 is 30.0 Å². The van der Waals surface area contributed by atoms with Crippen LogP contribution in [0.25, 0.3) is 5.70 Å². The molecule has 0 saturated heterocycles. The predicted molar refractivity (Wildman–Crippen MR) is 122 cm³/mol. The average Bonchev–Trinajstić information content (AvgIpc) is 3.28. The molecule has 2 unspecified atom stereocenters. The fraction of sp³-hybridized carbons (Fsp3) is 0.200. The molecular weight excluding hydrogens is 428 g/mol. The highest BCUT2D eigenvalue weighted by Crippen LogP contribution is 2.38.